The van der Waals surface area contributed by atoms with Crippen LogP contribution in [-0.4, -0.2) is 51.0 Å². The van der Waals surface area contributed by atoms with Crippen LogP contribution in [0.15, 0.2) is 23.8 Å². The number of likely N-dealkylation sites (N-methyl/N-ethyl adjacent to an activating group) is 1. The predicted molar refractivity (Wildman–Crippen MR) is 98.8 cm³/mol. The van der Waals surface area contributed by atoms with Gasteiger partial charge in [-0.25, -0.2) is 0 Å². The van der Waals surface area contributed by atoms with Crippen LogP contribution in [0.25, 0.3) is 0 Å². The Hall–Kier alpha value is -0.640. The van der Waals surface area contributed by atoms with Gasteiger partial charge in [0.2, 0.25) is 0 Å². The van der Waals surface area contributed by atoms with Gasteiger partial charge >= 0.3 is 0 Å². The molecule has 0 bridgehead atoms. The van der Waals surface area contributed by atoms with Crippen LogP contribution in [0, 0.1) is 11.8 Å². The molecule has 0 saturated carbocycles. The zero-order valence-electron chi connectivity index (χ0n) is 16.1. The van der Waals surface area contributed by atoms with Gasteiger partial charge < -0.3 is 14.4 Å². The summed E-state index contributed by atoms with van der Waals surface area (Å²) < 4.78 is 11.9. The molecule has 3 nitrogen and oxygen atoms in total. The molecule has 0 N–H and O–H groups in total. The molecule has 23 heavy (non-hydrogen) atoms. The molecular weight excluding hydrogens is 286 g/mol. The van der Waals surface area contributed by atoms with E-state index in [1.807, 2.05) is 0 Å². The van der Waals surface area contributed by atoms with Crippen molar-refractivity contribution in [2.45, 2.75) is 52.6 Å². The van der Waals surface area contributed by atoms with Crippen LogP contribution in [0.4, 0.5) is 0 Å². The van der Waals surface area contributed by atoms with Crippen LogP contribution in [0.2, 0.25) is 0 Å². The highest BCUT2D eigenvalue weighted by molar-refractivity contribution is 5.28. The average molecular weight is 324 g/mol. The van der Waals surface area contributed by atoms with Crippen molar-refractivity contribution in [2.75, 3.05) is 40.5 Å². The average Bonchev–Trinajstić information content (AvgIpc) is 2.44. The number of hydrogen-bond acceptors (Lipinski definition) is 3. The summed E-state index contributed by atoms with van der Waals surface area (Å²) in [4.78, 5) is 2.13. The molecule has 0 saturated heterocycles. The number of allylic oxidation sites excluding steroid dienone is 2. The van der Waals surface area contributed by atoms with Gasteiger partial charge in [0.15, 0.2) is 0 Å². The Labute approximate surface area is 143 Å². The van der Waals surface area contributed by atoms with Crippen LogP contribution in [0.5, 0.6) is 0 Å². The lowest BCUT2D eigenvalue weighted by atomic mass is 9.83. The highest BCUT2D eigenvalue weighted by Gasteiger charge is 2.30. The number of ether oxygens (including phenoxy) is 2. The maximum absolute atomic E-state index is 6.27. The Balaban J connectivity index is 2.45. The van der Waals surface area contributed by atoms with E-state index >= 15 is 0 Å². The summed E-state index contributed by atoms with van der Waals surface area (Å²) >= 11 is 0. The third-order valence-electron chi connectivity index (χ3n) is 4.01. The zero-order valence-corrected chi connectivity index (χ0v) is 16.1. The summed E-state index contributed by atoms with van der Waals surface area (Å²) in [5.74, 6) is 1.32. The Morgan fingerprint density at radius 1 is 1.09 bits per heavy atom. The van der Waals surface area contributed by atoms with Crippen LogP contribution < -0.4 is 0 Å². The summed E-state index contributed by atoms with van der Waals surface area (Å²) in [6.45, 7) is 12.1. The molecule has 1 atom stereocenters. The topological polar surface area (TPSA) is 21.7 Å². The summed E-state index contributed by atoms with van der Waals surface area (Å²) in [6, 6.07) is 0. The van der Waals surface area contributed by atoms with Gasteiger partial charge in [-0.05, 0) is 45.2 Å². The molecule has 1 aliphatic rings. The largest absolute Gasteiger partial charge is 0.378 e. The number of nitrogens with zero attached hydrogens (tertiary/aromatic N) is 1. The second-order valence-electron chi connectivity index (χ2n) is 7.84. The first-order valence-electron chi connectivity index (χ1n) is 9.07. The lowest BCUT2D eigenvalue weighted by molar-refractivity contribution is -0.0490. The lowest BCUT2D eigenvalue weighted by Crippen LogP contribution is -2.34. The van der Waals surface area contributed by atoms with Gasteiger partial charge in [-0.2, -0.15) is 0 Å². The highest BCUT2D eigenvalue weighted by Crippen LogP contribution is 2.33. The maximum Gasteiger partial charge on any atom is 0.0903 e. The van der Waals surface area contributed by atoms with Crippen molar-refractivity contribution >= 4 is 0 Å². The number of rotatable bonds is 11. The molecule has 1 unspecified atom stereocenters. The molecule has 0 radical (unpaired) electrons. The van der Waals surface area contributed by atoms with E-state index in [1.54, 1.807) is 0 Å². The van der Waals surface area contributed by atoms with E-state index in [0.717, 1.165) is 32.4 Å². The van der Waals surface area contributed by atoms with Crippen molar-refractivity contribution in [3.63, 3.8) is 0 Å². The summed E-state index contributed by atoms with van der Waals surface area (Å²) in [5.41, 5.74) is 1.31. The first-order valence-corrected chi connectivity index (χ1v) is 9.07. The molecule has 0 aliphatic heterocycles. The Morgan fingerprint density at radius 2 is 1.83 bits per heavy atom. The summed E-state index contributed by atoms with van der Waals surface area (Å²) in [7, 11) is 4.12. The van der Waals surface area contributed by atoms with Crippen molar-refractivity contribution in [3.05, 3.63) is 23.8 Å². The summed E-state index contributed by atoms with van der Waals surface area (Å²) in [6.07, 6.45) is 10.1. The smallest absolute Gasteiger partial charge is 0.0903 e. The molecule has 0 aromatic heterocycles. The molecule has 0 heterocycles. The van der Waals surface area contributed by atoms with Crippen molar-refractivity contribution in [1.29, 1.82) is 0 Å². The number of hydrogen-bond donors (Lipinski definition) is 0. The molecule has 0 amide bonds. The quantitative estimate of drug-likeness (QED) is 0.529. The maximum atomic E-state index is 6.27. The van der Waals surface area contributed by atoms with Crippen molar-refractivity contribution < 1.29 is 9.47 Å². The molecule has 134 valence electrons. The van der Waals surface area contributed by atoms with Gasteiger partial charge in [0.1, 0.15) is 0 Å². The SMILES string of the molecule is CC(C)CC1=CCC(CC(C)C)(OCCOCCN(C)C)C=C1. The van der Waals surface area contributed by atoms with Crippen LogP contribution in [0.1, 0.15) is 47.0 Å². The first-order chi connectivity index (χ1) is 10.8. The molecule has 3 heteroatoms. The molecule has 1 rings (SSSR count). The molecule has 0 fully saturated rings. The van der Waals surface area contributed by atoms with E-state index < -0.39 is 0 Å². The minimum absolute atomic E-state index is 0.139. The van der Waals surface area contributed by atoms with Gasteiger partial charge in [0.25, 0.3) is 0 Å². The second kappa shape index (κ2) is 10.3. The Kier molecular flexibility index (Phi) is 9.11. The monoisotopic (exact) mass is 323 g/mol. The zero-order chi connectivity index (χ0) is 17.3. The molecular formula is C20H37NO2. The van der Waals surface area contributed by atoms with Crippen LogP contribution in [0.3, 0.4) is 0 Å². The van der Waals surface area contributed by atoms with Gasteiger partial charge in [-0.3, -0.25) is 0 Å². The molecule has 0 aromatic rings. The molecule has 0 spiro atoms. The van der Waals surface area contributed by atoms with E-state index in [9.17, 15) is 0 Å². The predicted octanol–water partition coefficient (Wildman–Crippen LogP) is 4.30. The Morgan fingerprint density at radius 3 is 2.35 bits per heavy atom. The van der Waals surface area contributed by atoms with E-state index in [0.29, 0.717) is 25.0 Å². The minimum Gasteiger partial charge on any atom is -0.378 e. The van der Waals surface area contributed by atoms with E-state index in [-0.39, 0.29) is 5.60 Å². The van der Waals surface area contributed by atoms with Crippen molar-refractivity contribution in [1.82, 2.24) is 4.90 Å². The van der Waals surface area contributed by atoms with E-state index in [1.165, 1.54) is 5.57 Å². The van der Waals surface area contributed by atoms with Crippen molar-refractivity contribution in [3.8, 4) is 0 Å². The van der Waals surface area contributed by atoms with Crippen molar-refractivity contribution in [2.24, 2.45) is 11.8 Å². The highest BCUT2D eigenvalue weighted by atomic mass is 16.5. The van der Waals surface area contributed by atoms with Crippen LogP contribution >= 0.6 is 0 Å². The second-order valence-corrected chi connectivity index (χ2v) is 7.84. The molecule has 1 aliphatic carbocycles. The van der Waals surface area contributed by atoms with Gasteiger partial charge in [-0.1, -0.05) is 51.5 Å². The summed E-state index contributed by atoms with van der Waals surface area (Å²) in [5, 5.41) is 0. The third-order valence-corrected chi connectivity index (χ3v) is 4.01. The van der Waals surface area contributed by atoms with E-state index in [2.05, 4.69) is 64.9 Å². The first kappa shape index (κ1) is 20.4. The minimum atomic E-state index is -0.139. The van der Waals surface area contributed by atoms with Gasteiger partial charge in [-0.15, -0.1) is 0 Å². The fourth-order valence-electron chi connectivity index (χ4n) is 2.98. The standard InChI is InChI=1S/C20H37NO2/c1-17(2)15-19-7-9-20(10-8-19,16-18(3)4)23-14-13-22-12-11-21(5)6/h7-9,17-18H,10-16H2,1-6H3. The van der Waals surface area contributed by atoms with Gasteiger partial charge in [0.05, 0.1) is 25.4 Å². The molecule has 0 aromatic carbocycles. The normalized spacial score (nSPS) is 21.5. The van der Waals surface area contributed by atoms with E-state index in [4.69, 9.17) is 9.47 Å². The fraction of sp³-hybridized carbons (Fsp3) is 0.800. The third kappa shape index (κ3) is 8.69. The van der Waals surface area contributed by atoms with Gasteiger partial charge in [0, 0.05) is 6.54 Å². The fourth-order valence-corrected chi connectivity index (χ4v) is 2.98. The lowest BCUT2D eigenvalue weighted by Gasteiger charge is -2.34. The Bertz CT molecular complexity index is 385. The van der Waals surface area contributed by atoms with Crippen LogP contribution in [-0.2, 0) is 9.47 Å².